The Labute approximate surface area is 49.3 Å². The van der Waals surface area contributed by atoms with E-state index in [4.69, 9.17) is 5.73 Å². The Kier molecular flexibility index (Phi) is 1.35. The van der Waals surface area contributed by atoms with Crippen LogP contribution in [0.3, 0.4) is 0 Å². The Hall–Kier alpha value is -0.0105. The first-order chi connectivity index (χ1) is 3.29. The van der Waals surface area contributed by atoms with Gasteiger partial charge in [-0.05, 0) is 0 Å². The van der Waals surface area contributed by atoms with Crippen LogP contribution in [0.5, 0.6) is 0 Å². The molecular weight excluding hydrogens is 155 g/mol. The number of aliphatic imine (C=N–C) groups is 1. The van der Waals surface area contributed by atoms with Gasteiger partial charge in [0.2, 0.25) is 0 Å². The summed E-state index contributed by atoms with van der Waals surface area (Å²) in [5.41, 5.74) is 5.40. The van der Waals surface area contributed by atoms with Gasteiger partial charge in [0.25, 0.3) is 0 Å². The van der Waals surface area contributed by atoms with E-state index in [9.17, 15) is 0 Å². The van der Waals surface area contributed by atoms with Crippen molar-refractivity contribution in [2.24, 2.45) is 10.7 Å². The summed E-state index contributed by atoms with van der Waals surface area (Å²) in [6.07, 6.45) is 0. The van der Waals surface area contributed by atoms with Gasteiger partial charge in [-0.2, -0.15) is 0 Å². The van der Waals surface area contributed by atoms with Crippen molar-refractivity contribution in [2.45, 2.75) is 11.7 Å². The third-order valence-electron chi connectivity index (χ3n) is 0.826. The van der Waals surface area contributed by atoms with Crippen molar-refractivity contribution in [1.82, 2.24) is 0 Å². The van der Waals surface area contributed by atoms with Crippen molar-refractivity contribution in [3.63, 3.8) is 0 Å². The van der Waals surface area contributed by atoms with E-state index in [1.54, 1.807) is 0 Å². The minimum atomic E-state index is 0.514. The molecular formula is C4H8N2Se. The van der Waals surface area contributed by atoms with Crippen LogP contribution in [0.15, 0.2) is 4.99 Å². The molecule has 0 fully saturated rings. The Morgan fingerprint density at radius 1 is 2.00 bits per heavy atom. The Morgan fingerprint density at radius 3 is 2.86 bits per heavy atom. The number of nitrogens with zero attached hydrogens (tertiary/aromatic N) is 1. The molecule has 3 heteroatoms. The zero-order valence-electron chi connectivity index (χ0n) is 4.22. The van der Waals surface area contributed by atoms with E-state index in [2.05, 4.69) is 11.9 Å². The molecule has 0 aromatic carbocycles. The van der Waals surface area contributed by atoms with Crippen molar-refractivity contribution < 1.29 is 0 Å². The van der Waals surface area contributed by atoms with Gasteiger partial charge in [-0.25, -0.2) is 0 Å². The third kappa shape index (κ3) is 1.18. The molecule has 1 heterocycles. The molecule has 1 unspecified atom stereocenters. The molecule has 1 aliphatic heterocycles. The first kappa shape index (κ1) is 5.13. The predicted octanol–water partition coefficient (Wildman–Crippen LogP) is -0.173. The maximum atomic E-state index is 5.40. The number of amidine groups is 1. The van der Waals surface area contributed by atoms with E-state index in [-0.39, 0.29) is 0 Å². The molecule has 0 aromatic rings. The molecule has 0 saturated carbocycles. The summed E-state index contributed by atoms with van der Waals surface area (Å²) < 4.78 is 0.889. The van der Waals surface area contributed by atoms with Gasteiger partial charge in [-0.1, -0.05) is 0 Å². The predicted molar refractivity (Wildman–Crippen MR) is 31.7 cm³/mol. The molecule has 0 radical (unpaired) electrons. The molecule has 0 aromatic heterocycles. The molecule has 0 aliphatic carbocycles. The van der Waals surface area contributed by atoms with E-state index < -0.39 is 0 Å². The van der Waals surface area contributed by atoms with Crippen LogP contribution in [-0.2, 0) is 0 Å². The summed E-state index contributed by atoms with van der Waals surface area (Å²) >= 11 is 0.514. The van der Waals surface area contributed by atoms with Crippen LogP contribution < -0.4 is 5.73 Å². The minimum absolute atomic E-state index is 0.514. The summed E-state index contributed by atoms with van der Waals surface area (Å²) in [4.78, 5) is 4.80. The molecule has 0 saturated heterocycles. The van der Waals surface area contributed by atoms with Crippen LogP contribution in [0, 0.1) is 0 Å². The van der Waals surface area contributed by atoms with Crippen LogP contribution in [0.25, 0.3) is 0 Å². The second-order valence-corrected chi connectivity index (χ2v) is 4.67. The average Bonchev–Trinajstić information content (AvgIpc) is 1.87. The van der Waals surface area contributed by atoms with Gasteiger partial charge in [-0.3, -0.25) is 0 Å². The molecule has 2 N–H and O–H groups in total. The van der Waals surface area contributed by atoms with Crippen LogP contribution in [-0.4, -0.2) is 26.2 Å². The number of hydrogen-bond acceptors (Lipinski definition) is 2. The van der Waals surface area contributed by atoms with Crippen molar-refractivity contribution >= 4 is 19.7 Å². The van der Waals surface area contributed by atoms with Gasteiger partial charge in [0.1, 0.15) is 0 Å². The van der Waals surface area contributed by atoms with Crippen molar-refractivity contribution in [3.8, 4) is 0 Å². The van der Waals surface area contributed by atoms with Crippen LogP contribution in [0.4, 0.5) is 0 Å². The molecule has 1 aliphatic rings. The quantitative estimate of drug-likeness (QED) is 0.494. The number of rotatable bonds is 0. The Bertz CT molecular complexity index is 99.9. The average molecular weight is 163 g/mol. The summed E-state index contributed by atoms with van der Waals surface area (Å²) in [5, 5.41) is 0. The van der Waals surface area contributed by atoms with Gasteiger partial charge in [0, 0.05) is 0 Å². The third-order valence-corrected chi connectivity index (χ3v) is 2.76. The van der Waals surface area contributed by atoms with Crippen LogP contribution in [0.1, 0.15) is 6.92 Å². The van der Waals surface area contributed by atoms with Gasteiger partial charge in [-0.15, -0.1) is 0 Å². The van der Waals surface area contributed by atoms with Crippen molar-refractivity contribution in [1.29, 1.82) is 0 Å². The van der Waals surface area contributed by atoms with Crippen molar-refractivity contribution in [2.75, 3.05) is 6.54 Å². The first-order valence-electron chi connectivity index (χ1n) is 2.25. The van der Waals surface area contributed by atoms with Crippen LogP contribution >= 0.6 is 0 Å². The summed E-state index contributed by atoms with van der Waals surface area (Å²) in [5.74, 6) is 0. The number of nitrogens with two attached hydrogens (primary N) is 1. The SMILES string of the molecule is CC1CN=C(N)[Se]1. The maximum absolute atomic E-state index is 5.40. The van der Waals surface area contributed by atoms with Crippen molar-refractivity contribution in [3.05, 3.63) is 0 Å². The van der Waals surface area contributed by atoms with Gasteiger partial charge < -0.3 is 0 Å². The number of hydrogen-bond donors (Lipinski definition) is 1. The molecule has 40 valence electrons. The molecule has 2 nitrogen and oxygen atoms in total. The van der Waals surface area contributed by atoms with Crippen LogP contribution in [0.2, 0.25) is 4.82 Å². The molecule has 1 atom stereocenters. The van der Waals surface area contributed by atoms with E-state index >= 15 is 0 Å². The second kappa shape index (κ2) is 1.85. The normalized spacial score (nSPS) is 30.4. The fourth-order valence-corrected chi connectivity index (χ4v) is 1.99. The standard InChI is InChI=1S/C4H8N2Se/c1-3-2-6-4(5)7-3/h3H,2H2,1H3,(H2,5,6). The zero-order chi connectivity index (χ0) is 5.28. The monoisotopic (exact) mass is 164 g/mol. The molecule has 0 amide bonds. The van der Waals surface area contributed by atoms with E-state index in [0.717, 1.165) is 16.1 Å². The van der Waals surface area contributed by atoms with E-state index in [1.807, 2.05) is 0 Å². The second-order valence-electron chi connectivity index (χ2n) is 1.61. The zero-order valence-corrected chi connectivity index (χ0v) is 5.93. The van der Waals surface area contributed by atoms with Gasteiger partial charge in [0.15, 0.2) is 0 Å². The fraction of sp³-hybridized carbons (Fsp3) is 0.750. The molecule has 7 heavy (non-hydrogen) atoms. The van der Waals surface area contributed by atoms with E-state index in [1.165, 1.54) is 0 Å². The topological polar surface area (TPSA) is 38.4 Å². The summed E-state index contributed by atoms with van der Waals surface area (Å²) in [7, 11) is 0. The molecule has 0 bridgehead atoms. The van der Waals surface area contributed by atoms with Gasteiger partial charge >= 0.3 is 48.7 Å². The van der Waals surface area contributed by atoms with Gasteiger partial charge in [0.05, 0.1) is 0 Å². The fourth-order valence-electron chi connectivity index (χ4n) is 0.499. The Morgan fingerprint density at radius 2 is 2.71 bits per heavy atom. The summed E-state index contributed by atoms with van der Waals surface area (Å²) in [6.45, 7) is 3.15. The summed E-state index contributed by atoms with van der Waals surface area (Å²) in [6, 6.07) is 0. The Balaban J connectivity index is 2.42. The molecule has 1 rings (SSSR count). The first-order valence-corrected chi connectivity index (χ1v) is 4.10. The molecule has 0 spiro atoms. The van der Waals surface area contributed by atoms with E-state index in [0.29, 0.717) is 15.0 Å².